The molecule has 3 aliphatic rings. The number of nitrogens with zero attached hydrogens (tertiary/aromatic N) is 1. The van der Waals surface area contributed by atoms with Gasteiger partial charge in [-0.25, -0.2) is 0 Å². The molecule has 2 saturated carbocycles. The maximum Gasteiger partial charge on any atom is 0.253 e. The minimum absolute atomic E-state index is 0.110. The Hall–Kier alpha value is -2.41. The lowest BCUT2D eigenvalue weighted by molar-refractivity contribution is -0.127. The molecule has 0 atom stereocenters. The van der Waals surface area contributed by atoms with E-state index in [2.05, 4.69) is 20.9 Å². The quantitative estimate of drug-likeness (QED) is 0.589. The SMILES string of the molecule is O=C(CN1CCC(NC(=O)C2CCCCC2)CC1)Nc1ccccc1C(=O)NC1CCCC1. The highest BCUT2D eigenvalue weighted by Gasteiger charge is 2.27. The third-order valence-corrected chi connectivity index (χ3v) is 7.41. The van der Waals surface area contributed by atoms with E-state index in [1.165, 1.54) is 6.42 Å². The Morgan fingerprint density at radius 1 is 0.788 bits per heavy atom. The first-order valence-corrected chi connectivity index (χ1v) is 12.8. The zero-order valence-corrected chi connectivity index (χ0v) is 19.6. The van der Waals surface area contributed by atoms with Crippen molar-refractivity contribution in [3.63, 3.8) is 0 Å². The van der Waals surface area contributed by atoms with E-state index in [9.17, 15) is 14.4 Å². The minimum Gasteiger partial charge on any atom is -0.353 e. The number of hydrogen-bond acceptors (Lipinski definition) is 4. The summed E-state index contributed by atoms with van der Waals surface area (Å²) in [7, 11) is 0. The van der Waals surface area contributed by atoms with E-state index in [1.807, 2.05) is 12.1 Å². The predicted molar refractivity (Wildman–Crippen MR) is 129 cm³/mol. The fraction of sp³-hybridized carbons (Fsp3) is 0.654. The topological polar surface area (TPSA) is 90.5 Å². The summed E-state index contributed by atoms with van der Waals surface area (Å²) in [5.41, 5.74) is 1.08. The molecule has 180 valence electrons. The molecule has 0 spiro atoms. The zero-order valence-electron chi connectivity index (χ0n) is 19.6. The number of amides is 3. The summed E-state index contributed by atoms with van der Waals surface area (Å²) < 4.78 is 0. The van der Waals surface area contributed by atoms with Gasteiger partial charge in [0.05, 0.1) is 17.8 Å². The highest BCUT2D eigenvalue weighted by molar-refractivity contribution is 6.04. The minimum atomic E-state index is -0.118. The third kappa shape index (κ3) is 6.79. The predicted octanol–water partition coefficient (Wildman–Crippen LogP) is 3.46. The second kappa shape index (κ2) is 11.6. The van der Waals surface area contributed by atoms with E-state index in [-0.39, 0.29) is 35.7 Å². The molecule has 0 unspecified atom stereocenters. The van der Waals surface area contributed by atoms with E-state index in [0.29, 0.717) is 17.8 Å². The highest BCUT2D eigenvalue weighted by Crippen LogP contribution is 2.24. The Balaban J connectivity index is 1.22. The number of carbonyl (C=O) groups excluding carboxylic acids is 3. The average Bonchev–Trinajstić information content (AvgIpc) is 3.34. The van der Waals surface area contributed by atoms with Crippen molar-refractivity contribution in [2.75, 3.05) is 25.0 Å². The second-order valence-electron chi connectivity index (χ2n) is 9.94. The van der Waals surface area contributed by atoms with Crippen LogP contribution in [0.15, 0.2) is 24.3 Å². The number of para-hydroxylation sites is 1. The van der Waals surface area contributed by atoms with Gasteiger partial charge >= 0.3 is 0 Å². The van der Waals surface area contributed by atoms with Crippen molar-refractivity contribution in [1.82, 2.24) is 15.5 Å². The fourth-order valence-electron chi connectivity index (χ4n) is 5.44. The maximum absolute atomic E-state index is 12.7. The van der Waals surface area contributed by atoms with Crippen molar-refractivity contribution in [2.24, 2.45) is 5.92 Å². The highest BCUT2D eigenvalue weighted by atomic mass is 16.2. The molecular weight excluding hydrogens is 416 g/mol. The van der Waals surface area contributed by atoms with E-state index in [1.54, 1.807) is 12.1 Å². The number of hydrogen-bond donors (Lipinski definition) is 3. The van der Waals surface area contributed by atoms with E-state index in [4.69, 9.17) is 0 Å². The average molecular weight is 455 g/mol. The van der Waals surface area contributed by atoms with Gasteiger partial charge < -0.3 is 16.0 Å². The lowest BCUT2D eigenvalue weighted by atomic mass is 9.88. The smallest absolute Gasteiger partial charge is 0.253 e. The molecule has 1 aliphatic heterocycles. The molecule has 4 rings (SSSR count). The summed E-state index contributed by atoms with van der Waals surface area (Å²) >= 11 is 0. The van der Waals surface area contributed by atoms with Crippen LogP contribution >= 0.6 is 0 Å². The maximum atomic E-state index is 12.7. The standard InChI is InChI=1S/C26H38N4O3/c31-24(29-23-13-7-6-12-22(23)26(33)28-20-10-4-5-11-20)18-30-16-14-21(15-17-30)27-25(32)19-8-2-1-3-9-19/h6-7,12-13,19-21H,1-5,8-11,14-18H2,(H,27,32)(H,28,33)(H,29,31). The number of carbonyl (C=O) groups is 3. The lowest BCUT2D eigenvalue weighted by Gasteiger charge is -2.33. The Morgan fingerprint density at radius 3 is 2.15 bits per heavy atom. The van der Waals surface area contributed by atoms with Crippen LogP contribution in [0.2, 0.25) is 0 Å². The molecule has 1 saturated heterocycles. The molecule has 1 heterocycles. The van der Waals surface area contributed by atoms with Crippen LogP contribution in [0.25, 0.3) is 0 Å². The van der Waals surface area contributed by atoms with Crippen molar-refractivity contribution in [1.29, 1.82) is 0 Å². The van der Waals surface area contributed by atoms with Crippen molar-refractivity contribution in [2.45, 2.75) is 82.7 Å². The zero-order chi connectivity index (χ0) is 23.0. The Kier molecular flexibility index (Phi) is 8.37. The third-order valence-electron chi connectivity index (χ3n) is 7.41. The first-order chi connectivity index (χ1) is 16.1. The van der Waals surface area contributed by atoms with Gasteiger partial charge in [-0.1, -0.05) is 44.2 Å². The van der Waals surface area contributed by atoms with Crippen LogP contribution < -0.4 is 16.0 Å². The van der Waals surface area contributed by atoms with Gasteiger partial charge in [0.25, 0.3) is 5.91 Å². The first kappa shape index (κ1) is 23.7. The van der Waals surface area contributed by atoms with Crippen LogP contribution in [0.5, 0.6) is 0 Å². The van der Waals surface area contributed by atoms with Crippen LogP contribution in [-0.4, -0.2) is 54.3 Å². The molecular formula is C26H38N4O3. The molecule has 2 aliphatic carbocycles. The fourth-order valence-corrected chi connectivity index (χ4v) is 5.44. The number of nitrogens with one attached hydrogen (secondary N) is 3. The first-order valence-electron chi connectivity index (χ1n) is 12.8. The molecule has 1 aromatic carbocycles. The summed E-state index contributed by atoms with van der Waals surface area (Å²) in [5.74, 6) is 0.181. The van der Waals surface area contributed by atoms with E-state index >= 15 is 0 Å². The van der Waals surface area contributed by atoms with Crippen LogP contribution in [0, 0.1) is 5.92 Å². The van der Waals surface area contributed by atoms with Crippen molar-refractivity contribution >= 4 is 23.4 Å². The van der Waals surface area contributed by atoms with Crippen molar-refractivity contribution < 1.29 is 14.4 Å². The van der Waals surface area contributed by atoms with Crippen molar-refractivity contribution in [3.8, 4) is 0 Å². The van der Waals surface area contributed by atoms with Gasteiger partial charge in [-0.15, -0.1) is 0 Å². The van der Waals surface area contributed by atoms with Gasteiger partial charge in [-0.2, -0.15) is 0 Å². The van der Waals surface area contributed by atoms with Crippen LogP contribution in [-0.2, 0) is 9.59 Å². The summed E-state index contributed by atoms with van der Waals surface area (Å²) in [6.45, 7) is 1.86. The van der Waals surface area contributed by atoms with Gasteiger partial charge in [0.1, 0.15) is 0 Å². The number of piperidine rings is 1. The summed E-state index contributed by atoms with van der Waals surface area (Å²) in [6.07, 6.45) is 11.7. The van der Waals surface area contributed by atoms with Gasteiger partial charge in [-0.05, 0) is 50.7 Å². The number of likely N-dealkylation sites (tertiary alicyclic amines) is 1. The molecule has 7 heteroatoms. The number of rotatable bonds is 7. The van der Waals surface area contributed by atoms with Crippen LogP contribution in [0.1, 0.15) is 81.0 Å². The molecule has 0 aromatic heterocycles. The van der Waals surface area contributed by atoms with Crippen molar-refractivity contribution in [3.05, 3.63) is 29.8 Å². The monoisotopic (exact) mass is 454 g/mol. The molecule has 0 radical (unpaired) electrons. The number of benzene rings is 1. The lowest BCUT2D eigenvalue weighted by Crippen LogP contribution is -2.48. The van der Waals surface area contributed by atoms with E-state index in [0.717, 1.165) is 77.3 Å². The summed E-state index contributed by atoms with van der Waals surface area (Å²) in [4.78, 5) is 40.1. The molecule has 33 heavy (non-hydrogen) atoms. The molecule has 0 bridgehead atoms. The number of anilines is 1. The largest absolute Gasteiger partial charge is 0.353 e. The molecule has 7 nitrogen and oxygen atoms in total. The Labute approximate surface area is 197 Å². The summed E-state index contributed by atoms with van der Waals surface area (Å²) in [6, 6.07) is 7.66. The normalized spacial score (nSPS) is 21.0. The summed E-state index contributed by atoms with van der Waals surface area (Å²) in [5, 5.41) is 9.28. The van der Waals surface area contributed by atoms with Gasteiger partial charge in [-0.3, -0.25) is 19.3 Å². The van der Waals surface area contributed by atoms with Gasteiger partial charge in [0.2, 0.25) is 11.8 Å². The molecule has 3 amide bonds. The Morgan fingerprint density at radius 2 is 1.42 bits per heavy atom. The van der Waals surface area contributed by atoms with E-state index < -0.39 is 0 Å². The second-order valence-corrected chi connectivity index (χ2v) is 9.94. The van der Waals surface area contributed by atoms with Crippen LogP contribution in [0.4, 0.5) is 5.69 Å². The molecule has 3 N–H and O–H groups in total. The molecule has 3 fully saturated rings. The van der Waals surface area contributed by atoms with Gasteiger partial charge in [0, 0.05) is 31.1 Å². The van der Waals surface area contributed by atoms with Crippen LogP contribution in [0.3, 0.4) is 0 Å². The van der Waals surface area contributed by atoms with Gasteiger partial charge in [0.15, 0.2) is 0 Å². The Bertz CT molecular complexity index is 823. The molecule has 1 aromatic rings.